The molecule has 0 unspecified atom stereocenters. The second kappa shape index (κ2) is 5.16. The van der Waals surface area contributed by atoms with Gasteiger partial charge in [0.25, 0.3) is 5.91 Å². The maximum Gasteiger partial charge on any atom is 0.251 e. The number of hydrogen-bond donors (Lipinski definition) is 1. The molecular formula is C14H11N3OS. The van der Waals surface area contributed by atoms with Gasteiger partial charge in [0, 0.05) is 12.1 Å². The number of nitrogens with one attached hydrogen (secondary N) is 1. The van der Waals surface area contributed by atoms with E-state index < -0.39 is 0 Å². The van der Waals surface area contributed by atoms with Crippen LogP contribution in [0.3, 0.4) is 0 Å². The highest BCUT2D eigenvalue weighted by Gasteiger charge is 2.07. The monoisotopic (exact) mass is 269 g/mol. The average molecular weight is 269 g/mol. The normalized spacial score (nSPS) is 10.5. The predicted molar refractivity (Wildman–Crippen MR) is 75.0 cm³/mol. The molecule has 0 saturated carbocycles. The molecule has 3 rings (SSSR count). The van der Waals surface area contributed by atoms with Crippen LogP contribution in [0.15, 0.2) is 48.5 Å². The van der Waals surface area contributed by atoms with Crippen molar-refractivity contribution in [1.29, 1.82) is 0 Å². The number of carbonyl (C=O) groups excluding carboxylic acids is 1. The van der Waals surface area contributed by atoms with Crippen molar-refractivity contribution >= 4 is 27.7 Å². The number of benzene rings is 2. The minimum atomic E-state index is -0.0984. The molecule has 94 valence electrons. The fourth-order valence-corrected chi connectivity index (χ4v) is 2.34. The van der Waals surface area contributed by atoms with Crippen LogP contribution in [-0.4, -0.2) is 15.5 Å². The molecule has 4 nitrogen and oxygen atoms in total. The Morgan fingerprint density at radius 1 is 1.16 bits per heavy atom. The Morgan fingerprint density at radius 2 is 2.00 bits per heavy atom. The lowest BCUT2D eigenvalue weighted by molar-refractivity contribution is 0.0951. The largest absolute Gasteiger partial charge is 0.348 e. The zero-order chi connectivity index (χ0) is 13.1. The number of aromatic nitrogens is 2. The predicted octanol–water partition coefficient (Wildman–Crippen LogP) is 2.62. The Bertz CT molecular complexity index is 709. The van der Waals surface area contributed by atoms with E-state index in [1.54, 1.807) is 12.1 Å². The average Bonchev–Trinajstić information content (AvgIpc) is 2.93. The quantitative estimate of drug-likeness (QED) is 0.795. The van der Waals surface area contributed by atoms with Crippen LogP contribution >= 0.6 is 11.5 Å². The highest BCUT2D eigenvalue weighted by molar-refractivity contribution is 7.12. The number of amides is 1. The Labute approximate surface area is 114 Å². The molecule has 0 bridgehead atoms. The van der Waals surface area contributed by atoms with Crippen LogP contribution in [-0.2, 0) is 6.54 Å². The van der Waals surface area contributed by atoms with Crippen LogP contribution in [0.1, 0.15) is 15.9 Å². The first-order chi connectivity index (χ1) is 9.33. The van der Waals surface area contributed by atoms with Crippen molar-refractivity contribution in [2.45, 2.75) is 6.54 Å². The summed E-state index contributed by atoms with van der Waals surface area (Å²) in [4.78, 5) is 12.0. The van der Waals surface area contributed by atoms with Crippen molar-refractivity contribution in [2.75, 3.05) is 0 Å². The first-order valence-corrected chi connectivity index (χ1v) is 6.64. The fourth-order valence-electron chi connectivity index (χ4n) is 1.80. The van der Waals surface area contributed by atoms with E-state index in [-0.39, 0.29) is 5.91 Å². The van der Waals surface area contributed by atoms with Gasteiger partial charge < -0.3 is 5.32 Å². The van der Waals surface area contributed by atoms with Crippen LogP contribution in [0.5, 0.6) is 0 Å². The van der Waals surface area contributed by atoms with Gasteiger partial charge in [0.05, 0.1) is 4.70 Å². The summed E-state index contributed by atoms with van der Waals surface area (Å²) in [5.74, 6) is -0.0984. The SMILES string of the molecule is O=C(NCc1ccccc1)c1ccc2snnc2c1. The van der Waals surface area contributed by atoms with Gasteiger partial charge in [-0.2, -0.15) is 0 Å². The van der Waals surface area contributed by atoms with Crippen molar-refractivity contribution in [3.8, 4) is 0 Å². The van der Waals surface area contributed by atoms with Gasteiger partial charge in [-0.05, 0) is 35.3 Å². The minimum Gasteiger partial charge on any atom is -0.348 e. The van der Waals surface area contributed by atoms with Gasteiger partial charge >= 0.3 is 0 Å². The van der Waals surface area contributed by atoms with Crippen molar-refractivity contribution < 1.29 is 4.79 Å². The maximum absolute atomic E-state index is 12.0. The second-order valence-corrected chi connectivity index (χ2v) is 4.91. The molecule has 2 aromatic carbocycles. The van der Waals surface area contributed by atoms with Gasteiger partial charge in [0.2, 0.25) is 0 Å². The third kappa shape index (κ3) is 2.61. The highest BCUT2D eigenvalue weighted by Crippen LogP contribution is 2.16. The molecule has 3 aromatic rings. The molecule has 1 heterocycles. The molecule has 1 aromatic heterocycles. The summed E-state index contributed by atoms with van der Waals surface area (Å²) in [6.45, 7) is 0.521. The lowest BCUT2D eigenvalue weighted by atomic mass is 10.2. The summed E-state index contributed by atoms with van der Waals surface area (Å²) in [6, 6.07) is 15.2. The first kappa shape index (κ1) is 11.8. The molecule has 1 N–H and O–H groups in total. The van der Waals surface area contributed by atoms with E-state index in [0.717, 1.165) is 15.8 Å². The zero-order valence-corrected chi connectivity index (χ0v) is 10.9. The van der Waals surface area contributed by atoms with Crippen molar-refractivity contribution in [1.82, 2.24) is 14.9 Å². The molecule has 0 aliphatic rings. The summed E-state index contributed by atoms with van der Waals surface area (Å²) >= 11 is 1.33. The van der Waals surface area contributed by atoms with Gasteiger partial charge in [-0.1, -0.05) is 34.8 Å². The van der Waals surface area contributed by atoms with Crippen LogP contribution in [0.25, 0.3) is 10.2 Å². The first-order valence-electron chi connectivity index (χ1n) is 5.87. The number of fused-ring (bicyclic) bond motifs is 1. The van der Waals surface area contributed by atoms with E-state index in [2.05, 4.69) is 14.9 Å². The molecule has 0 atom stereocenters. The van der Waals surface area contributed by atoms with Crippen LogP contribution in [0.2, 0.25) is 0 Å². The van der Waals surface area contributed by atoms with E-state index in [1.165, 1.54) is 11.5 Å². The van der Waals surface area contributed by atoms with Gasteiger partial charge in [-0.3, -0.25) is 4.79 Å². The van der Waals surface area contributed by atoms with Gasteiger partial charge in [0.15, 0.2) is 0 Å². The van der Waals surface area contributed by atoms with Gasteiger partial charge in [-0.25, -0.2) is 0 Å². The number of nitrogens with zero attached hydrogens (tertiary/aromatic N) is 2. The molecule has 0 saturated heterocycles. The summed E-state index contributed by atoms with van der Waals surface area (Å²) < 4.78 is 4.84. The molecule has 5 heteroatoms. The maximum atomic E-state index is 12.0. The lowest BCUT2D eigenvalue weighted by Crippen LogP contribution is -2.22. The van der Waals surface area contributed by atoms with E-state index in [9.17, 15) is 4.79 Å². The Kier molecular flexibility index (Phi) is 3.20. The zero-order valence-electron chi connectivity index (χ0n) is 10.0. The highest BCUT2D eigenvalue weighted by atomic mass is 32.1. The summed E-state index contributed by atoms with van der Waals surface area (Å²) in [6.07, 6.45) is 0. The Balaban J connectivity index is 1.73. The van der Waals surface area contributed by atoms with Gasteiger partial charge in [-0.15, -0.1) is 5.10 Å². The van der Waals surface area contributed by atoms with Gasteiger partial charge in [0.1, 0.15) is 5.52 Å². The molecule has 19 heavy (non-hydrogen) atoms. The van der Waals surface area contributed by atoms with Crippen LogP contribution in [0.4, 0.5) is 0 Å². The van der Waals surface area contributed by atoms with E-state index in [1.807, 2.05) is 36.4 Å². The van der Waals surface area contributed by atoms with Crippen molar-refractivity contribution in [2.24, 2.45) is 0 Å². The fraction of sp³-hybridized carbons (Fsp3) is 0.0714. The van der Waals surface area contributed by atoms with Crippen molar-refractivity contribution in [3.63, 3.8) is 0 Å². The van der Waals surface area contributed by atoms with E-state index >= 15 is 0 Å². The summed E-state index contributed by atoms with van der Waals surface area (Å²) in [7, 11) is 0. The second-order valence-electron chi connectivity index (χ2n) is 4.12. The number of hydrogen-bond acceptors (Lipinski definition) is 4. The Hall–Kier alpha value is -2.27. The van der Waals surface area contributed by atoms with E-state index in [0.29, 0.717) is 12.1 Å². The summed E-state index contributed by atoms with van der Waals surface area (Å²) in [5, 5.41) is 6.86. The standard InChI is InChI=1S/C14H11N3OS/c18-14(15-9-10-4-2-1-3-5-10)11-6-7-13-12(8-11)16-17-19-13/h1-8H,9H2,(H,15,18). The molecular weight excluding hydrogens is 258 g/mol. The molecule has 0 aliphatic heterocycles. The lowest BCUT2D eigenvalue weighted by Gasteiger charge is -2.05. The van der Waals surface area contributed by atoms with E-state index in [4.69, 9.17) is 0 Å². The Morgan fingerprint density at radius 3 is 2.84 bits per heavy atom. The van der Waals surface area contributed by atoms with Crippen LogP contribution in [0, 0.1) is 0 Å². The number of carbonyl (C=O) groups is 1. The third-order valence-electron chi connectivity index (χ3n) is 2.80. The molecule has 0 spiro atoms. The smallest absolute Gasteiger partial charge is 0.251 e. The number of rotatable bonds is 3. The molecule has 1 amide bonds. The van der Waals surface area contributed by atoms with Crippen molar-refractivity contribution in [3.05, 3.63) is 59.7 Å². The third-order valence-corrected chi connectivity index (χ3v) is 3.51. The minimum absolute atomic E-state index is 0.0984. The summed E-state index contributed by atoms with van der Waals surface area (Å²) in [5.41, 5.74) is 2.45. The molecule has 0 radical (unpaired) electrons. The van der Waals surface area contributed by atoms with Crippen LogP contribution < -0.4 is 5.32 Å². The topological polar surface area (TPSA) is 54.9 Å². The molecule has 0 aliphatic carbocycles. The molecule has 0 fully saturated rings.